The summed E-state index contributed by atoms with van der Waals surface area (Å²) in [4.78, 5) is 37.3. The van der Waals surface area contributed by atoms with E-state index in [0.717, 1.165) is 38.5 Å². The van der Waals surface area contributed by atoms with Crippen molar-refractivity contribution in [1.82, 2.24) is 5.32 Å². The van der Waals surface area contributed by atoms with Gasteiger partial charge in [-0.2, -0.15) is 0 Å². The highest BCUT2D eigenvalue weighted by atomic mass is 28.4. The molecule has 7 nitrogen and oxygen atoms in total. The maximum atomic E-state index is 13.3. The summed E-state index contributed by atoms with van der Waals surface area (Å²) in [5.41, 5.74) is 0. The van der Waals surface area contributed by atoms with Crippen molar-refractivity contribution in [3.05, 3.63) is 12.2 Å². The van der Waals surface area contributed by atoms with Gasteiger partial charge in [0.1, 0.15) is 6.10 Å². The van der Waals surface area contributed by atoms with E-state index in [4.69, 9.17) is 14.3 Å². The zero-order valence-electron chi connectivity index (χ0n) is 36.7. The number of carboxylic acid groups (broad SMARTS) is 1. The van der Waals surface area contributed by atoms with E-state index >= 15 is 0 Å². The minimum Gasteiger partial charge on any atom is -0.481 e. The van der Waals surface area contributed by atoms with Gasteiger partial charge in [0.15, 0.2) is 8.32 Å². The van der Waals surface area contributed by atoms with Gasteiger partial charge in [-0.1, -0.05) is 195 Å². The van der Waals surface area contributed by atoms with E-state index in [1.807, 2.05) is 6.08 Å². The highest BCUT2D eigenvalue weighted by Crippen LogP contribution is 2.36. The Morgan fingerprint density at radius 1 is 0.611 bits per heavy atom. The summed E-state index contributed by atoms with van der Waals surface area (Å²) in [7, 11) is -2.16. The van der Waals surface area contributed by atoms with Crippen molar-refractivity contribution >= 4 is 26.2 Å². The number of carbonyl (C=O) groups excluding carboxylic acids is 2. The van der Waals surface area contributed by atoms with Crippen LogP contribution in [0, 0.1) is 0 Å². The minimum absolute atomic E-state index is 0.0198. The molecule has 0 aromatic heterocycles. The Kier molecular flexibility index (Phi) is 33.5. The van der Waals surface area contributed by atoms with Gasteiger partial charge in [-0.3, -0.25) is 14.4 Å². The number of carboxylic acids is 1. The summed E-state index contributed by atoms with van der Waals surface area (Å²) in [5.74, 6) is -1.67. The van der Waals surface area contributed by atoms with Crippen molar-refractivity contribution in [2.24, 2.45) is 0 Å². The molecule has 0 aromatic carbocycles. The second-order valence-electron chi connectivity index (χ2n) is 17.5. The molecule has 1 amide bonds. The third-order valence-electron chi connectivity index (χ3n) is 11.3. The number of ether oxygens (including phenoxy) is 1. The summed E-state index contributed by atoms with van der Waals surface area (Å²) >= 11 is 0. The van der Waals surface area contributed by atoms with E-state index in [9.17, 15) is 14.4 Å². The number of nitrogens with one attached hydrogen (secondary N) is 1. The molecule has 2 N–H and O–H groups in total. The molecule has 0 fully saturated rings. The van der Waals surface area contributed by atoms with Gasteiger partial charge in [0.2, 0.25) is 5.91 Å². The molecule has 0 rings (SSSR count). The molecule has 0 saturated carbocycles. The number of hydrogen-bond acceptors (Lipinski definition) is 5. The van der Waals surface area contributed by atoms with Crippen LogP contribution in [0.2, 0.25) is 18.1 Å². The smallest absolute Gasteiger partial charge is 0.307 e. The summed E-state index contributed by atoms with van der Waals surface area (Å²) < 4.78 is 12.5. The maximum absolute atomic E-state index is 13.3. The van der Waals surface area contributed by atoms with Crippen molar-refractivity contribution < 1.29 is 28.7 Å². The van der Waals surface area contributed by atoms with Crippen LogP contribution in [0.15, 0.2) is 12.2 Å². The zero-order chi connectivity index (χ0) is 40.3. The third-order valence-corrected chi connectivity index (χ3v) is 15.8. The van der Waals surface area contributed by atoms with Crippen LogP contribution in [-0.4, -0.2) is 50.0 Å². The first-order chi connectivity index (χ1) is 25.8. The number of hydrogen-bond donors (Lipinski definition) is 2. The monoisotopic (exact) mass is 780 g/mol. The van der Waals surface area contributed by atoms with Gasteiger partial charge in [-0.25, -0.2) is 0 Å². The van der Waals surface area contributed by atoms with Crippen molar-refractivity contribution in [2.75, 3.05) is 6.61 Å². The second-order valence-corrected chi connectivity index (χ2v) is 22.4. The van der Waals surface area contributed by atoms with Crippen LogP contribution in [0.5, 0.6) is 0 Å². The molecular weight excluding hydrogens is 691 g/mol. The summed E-state index contributed by atoms with van der Waals surface area (Å²) in [6.45, 7) is 15.7. The fourth-order valence-corrected chi connectivity index (χ4v) is 7.53. The van der Waals surface area contributed by atoms with E-state index in [-0.39, 0.29) is 30.4 Å². The van der Waals surface area contributed by atoms with Gasteiger partial charge in [-0.05, 0) is 43.5 Å². The molecule has 0 radical (unpaired) electrons. The molecule has 0 aliphatic rings. The summed E-state index contributed by atoms with van der Waals surface area (Å²) in [5, 5.41) is 12.3. The largest absolute Gasteiger partial charge is 0.481 e. The molecule has 0 aliphatic heterocycles. The quantitative estimate of drug-likeness (QED) is 0.0280. The molecule has 318 valence electrons. The lowest BCUT2D eigenvalue weighted by Crippen LogP contribution is -2.51. The van der Waals surface area contributed by atoms with Gasteiger partial charge in [0.25, 0.3) is 0 Å². The first-order valence-corrected chi connectivity index (χ1v) is 25.8. The minimum atomic E-state index is -2.16. The number of carbonyl (C=O) groups is 3. The van der Waals surface area contributed by atoms with E-state index < -0.39 is 32.4 Å². The molecule has 2 atom stereocenters. The fourth-order valence-electron chi connectivity index (χ4n) is 6.50. The molecule has 0 aliphatic carbocycles. The van der Waals surface area contributed by atoms with Crippen LogP contribution >= 0.6 is 0 Å². The summed E-state index contributed by atoms with van der Waals surface area (Å²) in [6, 6.07) is -0.551. The van der Waals surface area contributed by atoms with Crippen LogP contribution < -0.4 is 5.32 Å². The predicted molar refractivity (Wildman–Crippen MR) is 232 cm³/mol. The first-order valence-electron chi connectivity index (χ1n) is 22.8. The zero-order valence-corrected chi connectivity index (χ0v) is 37.7. The van der Waals surface area contributed by atoms with Crippen molar-refractivity contribution in [2.45, 2.75) is 258 Å². The molecule has 0 spiro atoms. The van der Waals surface area contributed by atoms with E-state index in [2.05, 4.69) is 59.1 Å². The lowest BCUT2D eigenvalue weighted by atomic mass is 10.0. The van der Waals surface area contributed by atoms with Crippen LogP contribution in [0.25, 0.3) is 0 Å². The number of unbranched alkanes of at least 4 members (excludes halogenated alkanes) is 25. The topological polar surface area (TPSA) is 102 Å². The van der Waals surface area contributed by atoms with Crippen LogP contribution in [0.4, 0.5) is 0 Å². The van der Waals surface area contributed by atoms with Gasteiger partial charge < -0.3 is 19.6 Å². The highest BCUT2D eigenvalue weighted by molar-refractivity contribution is 6.74. The second kappa shape index (κ2) is 34.6. The van der Waals surface area contributed by atoms with E-state index in [0.29, 0.717) is 6.42 Å². The van der Waals surface area contributed by atoms with Crippen molar-refractivity contribution in [3.8, 4) is 0 Å². The van der Waals surface area contributed by atoms with Gasteiger partial charge >= 0.3 is 11.9 Å². The Labute approximate surface area is 335 Å². The van der Waals surface area contributed by atoms with E-state index in [1.54, 1.807) is 0 Å². The molecule has 0 aromatic rings. The lowest BCUT2D eigenvalue weighted by molar-refractivity contribution is -0.152. The van der Waals surface area contributed by atoms with Crippen LogP contribution in [0.1, 0.15) is 227 Å². The first kappa shape index (κ1) is 52.3. The Balaban J connectivity index is 5.03. The van der Waals surface area contributed by atoms with Gasteiger partial charge in [0, 0.05) is 6.42 Å². The Morgan fingerprint density at radius 3 is 1.43 bits per heavy atom. The molecule has 0 bridgehead atoms. The SMILES string of the molecule is CCCCCCCCCCCCC/C=C/[C@@H](OC(=O)CCC(=O)O)[C@H](CO[Si](C)(C)C(C)(C)C)NC(=O)CCCCCCCCCCCCCCCCC. The average Bonchev–Trinajstić information content (AvgIpc) is 3.11. The van der Waals surface area contributed by atoms with Gasteiger partial charge in [0.05, 0.1) is 25.5 Å². The highest BCUT2D eigenvalue weighted by Gasteiger charge is 2.38. The Hall–Kier alpha value is -1.67. The molecular formula is C46H89NO6Si. The standard InChI is InChI=1S/C46H89NO6Si/c1-8-10-12-14-16-18-20-22-23-25-27-29-31-33-35-37-43(48)47-41(40-52-54(6,7)46(3,4)5)42(53-45(51)39-38-44(49)50)36-34-32-30-28-26-24-21-19-17-15-13-11-9-2/h34,36,41-42H,8-33,35,37-40H2,1-7H3,(H,47,48)(H,49,50)/b36-34+/t41-,42+/m0/s1. The van der Waals surface area contributed by atoms with Crippen LogP contribution in [0.3, 0.4) is 0 Å². The number of esters is 1. The third kappa shape index (κ3) is 31.5. The summed E-state index contributed by atoms with van der Waals surface area (Å²) in [6.07, 6.45) is 37.3. The Bertz CT molecular complexity index is 946. The predicted octanol–water partition coefficient (Wildman–Crippen LogP) is 13.8. The van der Waals surface area contributed by atoms with E-state index in [1.165, 1.54) is 135 Å². The lowest BCUT2D eigenvalue weighted by Gasteiger charge is -2.38. The number of allylic oxidation sites excluding steroid dienone is 1. The van der Waals surface area contributed by atoms with Crippen LogP contribution in [-0.2, 0) is 23.5 Å². The average molecular weight is 780 g/mol. The number of aliphatic carboxylic acids is 1. The van der Waals surface area contributed by atoms with Gasteiger partial charge in [-0.15, -0.1) is 0 Å². The number of rotatable bonds is 38. The number of amides is 1. The maximum Gasteiger partial charge on any atom is 0.307 e. The van der Waals surface area contributed by atoms with Crippen molar-refractivity contribution in [1.29, 1.82) is 0 Å². The molecule has 8 heteroatoms. The normalized spacial score (nSPS) is 13.3. The molecule has 54 heavy (non-hydrogen) atoms. The van der Waals surface area contributed by atoms with Crippen molar-refractivity contribution in [3.63, 3.8) is 0 Å². The fraction of sp³-hybridized carbons (Fsp3) is 0.891. The molecule has 0 unspecified atom stereocenters. The Morgan fingerprint density at radius 2 is 1.02 bits per heavy atom. The molecule has 0 heterocycles. The molecule has 0 saturated heterocycles.